The average Bonchev–Trinajstić information content (AvgIpc) is 3.08. The number of allylic oxidation sites excluding steroid dienone is 1. The van der Waals surface area contributed by atoms with Gasteiger partial charge in [0, 0.05) is 22.4 Å². The molecule has 2 aromatic carbocycles. The number of aromatic hydroxyl groups is 1. The molecule has 0 amide bonds. The Balaban J connectivity index is 1.89. The van der Waals surface area contributed by atoms with Crippen molar-refractivity contribution in [2.75, 3.05) is 7.11 Å². The van der Waals surface area contributed by atoms with E-state index in [1.54, 1.807) is 43.7 Å². The number of benzene rings is 2. The Bertz CT molecular complexity index is 1260. The number of H-pyrrole nitrogens is 1. The molecule has 1 aliphatic rings. The van der Waals surface area contributed by atoms with Crippen LogP contribution in [-0.2, 0) is 0 Å². The quantitative estimate of drug-likeness (QED) is 0.621. The van der Waals surface area contributed by atoms with Crippen LogP contribution >= 0.6 is 23.8 Å². The summed E-state index contributed by atoms with van der Waals surface area (Å²) in [4.78, 5) is 19.4. The van der Waals surface area contributed by atoms with Gasteiger partial charge in [0.15, 0.2) is 4.77 Å². The molecule has 0 radical (unpaired) electrons. The van der Waals surface area contributed by atoms with Crippen LogP contribution in [-0.4, -0.2) is 28.0 Å². The molecule has 0 atom stereocenters. The normalized spacial score (nSPS) is 13.7. The number of hydrogen-bond donors (Lipinski definition) is 2. The fourth-order valence-corrected chi connectivity index (χ4v) is 3.37. The third-order valence-electron chi connectivity index (χ3n) is 4.36. The number of ether oxygens (including phenoxy) is 1. The van der Waals surface area contributed by atoms with Crippen molar-refractivity contribution in [2.24, 2.45) is 4.99 Å². The number of aromatic nitrogens is 2. The molecule has 28 heavy (non-hydrogen) atoms. The Morgan fingerprint density at radius 1 is 1.25 bits per heavy atom. The molecule has 2 N–H and O–H groups in total. The van der Waals surface area contributed by atoms with Gasteiger partial charge in [-0.1, -0.05) is 11.6 Å². The zero-order chi connectivity index (χ0) is 19.8. The Kier molecular flexibility index (Phi) is 4.62. The first kappa shape index (κ1) is 18.2. The topological polar surface area (TPSA) is 79.6 Å². The highest BCUT2D eigenvalue weighted by Gasteiger charge is 2.17. The molecule has 0 unspecified atom stereocenters. The lowest BCUT2D eigenvalue weighted by molar-refractivity contribution is 0.415. The number of rotatable bonds is 3. The maximum absolute atomic E-state index is 12.5. The SMILES string of the molecule is COc1ccc2c(c1)C(=Cc1c(O)n(-c3ccc(Cl)cc3)c(=S)[nH]c1=O)C=N2. The Labute approximate surface area is 170 Å². The molecule has 8 heteroatoms. The maximum Gasteiger partial charge on any atom is 0.262 e. The summed E-state index contributed by atoms with van der Waals surface area (Å²) in [5, 5.41) is 11.4. The van der Waals surface area contributed by atoms with Gasteiger partial charge in [-0.15, -0.1) is 0 Å². The van der Waals surface area contributed by atoms with Crippen LogP contribution in [0.3, 0.4) is 0 Å². The second-order valence-corrected chi connectivity index (χ2v) is 6.87. The first-order chi connectivity index (χ1) is 13.5. The van der Waals surface area contributed by atoms with Crippen LogP contribution in [0.15, 0.2) is 52.3 Å². The predicted molar refractivity (Wildman–Crippen MR) is 113 cm³/mol. The number of methoxy groups -OCH3 is 1. The summed E-state index contributed by atoms with van der Waals surface area (Å²) >= 11 is 11.2. The van der Waals surface area contributed by atoms with Crippen LogP contribution in [0.4, 0.5) is 5.69 Å². The van der Waals surface area contributed by atoms with Crippen molar-refractivity contribution in [3.8, 4) is 17.3 Å². The van der Waals surface area contributed by atoms with Crippen LogP contribution in [0.5, 0.6) is 11.6 Å². The maximum atomic E-state index is 12.5. The molecule has 0 spiro atoms. The van der Waals surface area contributed by atoms with E-state index in [4.69, 9.17) is 28.6 Å². The fraction of sp³-hybridized carbons (Fsp3) is 0.0500. The second-order valence-electron chi connectivity index (χ2n) is 6.05. The van der Waals surface area contributed by atoms with Crippen LogP contribution in [0.2, 0.25) is 5.02 Å². The largest absolute Gasteiger partial charge is 0.497 e. The molecular weight excluding hydrogens is 398 g/mol. The van der Waals surface area contributed by atoms with Crippen molar-refractivity contribution in [1.29, 1.82) is 0 Å². The second kappa shape index (κ2) is 7.10. The van der Waals surface area contributed by atoms with Gasteiger partial charge in [-0.25, -0.2) is 0 Å². The van der Waals surface area contributed by atoms with Gasteiger partial charge in [-0.3, -0.25) is 19.3 Å². The van der Waals surface area contributed by atoms with Gasteiger partial charge in [0.05, 0.1) is 18.5 Å². The summed E-state index contributed by atoms with van der Waals surface area (Å²) in [7, 11) is 1.58. The number of nitrogens with one attached hydrogen (secondary N) is 1. The van der Waals surface area contributed by atoms with Crippen molar-refractivity contribution in [3.05, 3.63) is 73.7 Å². The summed E-state index contributed by atoms with van der Waals surface area (Å²) in [6.07, 6.45) is 3.21. The third kappa shape index (κ3) is 3.15. The van der Waals surface area contributed by atoms with Crippen molar-refractivity contribution in [3.63, 3.8) is 0 Å². The first-order valence-electron chi connectivity index (χ1n) is 8.26. The number of nitrogens with zero attached hydrogens (tertiary/aromatic N) is 2. The van der Waals surface area contributed by atoms with Crippen LogP contribution < -0.4 is 10.3 Å². The van der Waals surface area contributed by atoms with E-state index in [1.807, 2.05) is 18.2 Å². The van der Waals surface area contributed by atoms with Gasteiger partial charge in [-0.05, 0) is 60.8 Å². The monoisotopic (exact) mass is 411 g/mol. The zero-order valence-electron chi connectivity index (χ0n) is 14.6. The molecule has 3 aromatic rings. The highest BCUT2D eigenvalue weighted by Crippen LogP contribution is 2.36. The minimum Gasteiger partial charge on any atom is -0.497 e. The van der Waals surface area contributed by atoms with Crippen LogP contribution in [0.1, 0.15) is 11.1 Å². The summed E-state index contributed by atoms with van der Waals surface area (Å²) in [6.45, 7) is 0. The lowest BCUT2D eigenvalue weighted by Crippen LogP contribution is -2.16. The van der Waals surface area contributed by atoms with E-state index in [1.165, 1.54) is 4.57 Å². The van der Waals surface area contributed by atoms with E-state index < -0.39 is 5.56 Å². The average molecular weight is 412 g/mol. The van der Waals surface area contributed by atoms with Crippen LogP contribution in [0, 0.1) is 4.77 Å². The minimum absolute atomic E-state index is 0.0701. The lowest BCUT2D eigenvalue weighted by Gasteiger charge is -2.12. The lowest BCUT2D eigenvalue weighted by atomic mass is 10.0. The van der Waals surface area contributed by atoms with E-state index >= 15 is 0 Å². The molecule has 6 nitrogen and oxygen atoms in total. The molecule has 0 saturated carbocycles. The number of aliphatic imine (C=N–C) groups is 1. The number of halogens is 1. The Morgan fingerprint density at radius 2 is 2.00 bits per heavy atom. The predicted octanol–water partition coefficient (Wildman–Crippen LogP) is 4.52. The highest BCUT2D eigenvalue weighted by molar-refractivity contribution is 7.71. The smallest absolute Gasteiger partial charge is 0.262 e. The van der Waals surface area contributed by atoms with Gasteiger partial charge in [0.25, 0.3) is 5.56 Å². The first-order valence-corrected chi connectivity index (χ1v) is 9.05. The van der Waals surface area contributed by atoms with E-state index in [0.29, 0.717) is 22.0 Å². The van der Waals surface area contributed by atoms with E-state index in [2.05, 4.69) is 9.98 Å². The van der Waals surface area contributed by atoms with Crippen molar-refractivity contribution in [1.82, 2.24) is 9.55 Å². The third-order valence-corrected chi connectivity index (χ3v) is 4.90. The van der Waals surface area contributed by atoms with E-state index in [0.717, 1.165) is 11.3 Å². The summed E-state index contributed by atoms with van der Waals surface area (Å²) in [5.41, 5.74) is 2.39. The molecule has 2 heterocycles. The molecule has 140 valence electrons. The molecule has 1 aromatic heterocycles. The van der Waals surface area contributed by atoms with Gasteiger partial charge >= 0.3 is 0 Å². The van der Waals surface area contributed by atoms with E-state index in [9.17, 15) is 9.90 Å². The van der Waals surface area contributed by atoms with Crippen molar-refractivity contribution < 1.29 is 9.84 Å². The number of fused-ring (bicyclic) bond motifs is 1. The minimum atomic E-state index is -0.495. The molecule has 0 fully saturated rings. The van der Waals surface area contributed by atoms with Crippen LogP contribution in [0.25, 0.3) is 17.3 Å². The standard InChI is InChI=1S/C20H14ClN3O3S/c1-27-14-6-7-17-15(9-14)11(10-22-17)8-16-18(25)23-20(28)24(19(16)26)13-4-2-12(21)3-5-13/h2-10,26H,1H3,(H,23,25,28). The molecule has 1 aliphatic heterocycles. The fourth-order valence-electron chi connectivity index (χ4n) is 2.96. The van der Waals surface area contributed by atoms with Crippen molar-refractivity contribution >= 4 is 47.4 Å². The summed E-state index contributed by atoms with van der Waals surface area (Å²) in [5.74, 6) is 0.402. The molecule has 4 rings (SSSR count). The Morgan fingerprint density at radius 3 is 2.71 bits per heavy atom. The van der Waals surface area contributed by atoms with Crippen molar-refractivity contribution in [2.45, 2.75) is 0 Å². The van der Waals surface area contributed by atoms with Gasteiger partial charge < -0.3 is 9.84 Å². The summed E-state index contributed by atoms with van der Waals surface area (Å²) in [6, 6.07) is 12.2. The number of hydrogen-bond acceptors (Lipinski definition) is 5. The Hall–Kier alpha value is -3.16. The van der Waals surface area contributed by atoms with Gasteiger partial charge in [0.1, 0.15) is 11.3 Å². The highest BCUT2D eigenvalue weighted by atomic mass is 35.5. The molecule has 0 saturated heterocycles. The number of aromatic amines is 1. The van der Waals surface area contributed by atoms with Gasteiger partial charge in [-0.2, -0.15) is 0 Å². The molecule has 0 bridgehead atoms. The van der Waals surface area contributed by atoms with Gasteiger partial charge in [0.2, 0.25) is 5.88 Å². The van der Waals surface area contributed by atoms with E-state index in [-0.39, 0.29) is 16.2 Å². The zero-order valence-corrected chi connectivity index (χ0v) is 16.2. The molecular formula is C20H14ClN3O3S. The molecule has 0 aliphatic carbocycles. The summed E-state index contributed by atoms with van der Waals surface area (Å²) < 4.78 is 6.71.